The van der Waals surface area contributed by atoms with Gasteiger partial charge in [-0.25, -0.2) is 4.79 Å². The van der Waals surface area contributed by atoms with Crippen LogP contribution in [0.25, 0.3) is 0 Å². The molecule has 2 atom stereocenters. The van der Waals surface area contributed by atoms with Gasteiger partial charge in [0.15, 0.2) is 0 Å². The van der Waals surface area contributed by atoms with E-state index < -0.39 is 5.97 Å². The van der Waals surface area contributed by atoms with Crippen molar-refractivity contribution >= 4 is 37.8 Å². The molecule has 0 aromatic heterocycles. The summed E-state index contributed by atoms with van der Waals surface area (Å²) in [6.45, 7) is 1.94. The average Bonchev–Trinajstić information content (AvgIpc) is 1.82. The Morgan fingerprint density at radius 3 is 2.40 bits per heavy atom. The molecule has 0 saturated heterocycles. The second-order valence-electron chi connectivity index (χ2n) is 1.82. The Balaban J connectivity index is 3.77. The Morgan fingerprint density at radius 1 is 1.60 bits per heavy atom. The lowest BCUT2D eigenvalue weighted by molar-refractivity contribution is -0.131. The first kappa shape index (κ1) is 10.2. The molecule has 0 bridgehead atoms. The van der Waals surface area contributed by atoms with E-state index in [1.54, 1.807) is 6.08 Å². The van der Waals surface area contributed by atoms with Crippen molar-refractivity contribution in [1.29, 1.82) is 0 Å². The number of rotatable bonds is 3. The lowest BCUT2D eigenvalue weighted by atomic mass is 10.3. The first-order chi connectivity index (χ1) is 4.54. The maximum atomic E-state index is 10.0. The minimum atomic E-state index is -0.919. The van der Waals surface area contributed by atoms with Crippen molar-refractivity contribution in [2.75, 3.05) is 0 Å². The van der Waals surface area contributed by atoms with Gasteiger partial charge in [-0.3, -0.25) is 0 Å². The van der Waals surface area contributed by atoms with Gasteiger partial charge < -0.3 is 5.11 Å². The summed E-state index contributed by atoms with van der Waals surface area (Å²) in [7, 11) is 0. The predicted molar refractivity (Wildman–Crippen MR) is 47.9 cm³/mol. The molecule has 2 nitrogen and oxygen atoms in total. The normalized spacial score (nSPS) is 17.1. The molecule has 0 aromatic rings. The quantitative estimate of drug-likeness (QED) is 0.631. The first-order valence-corrected chi connectivity index (χ1v) is 4.56. The maximum Gasteiger partial charge on any atom is 0.328 e. The van der Waals surface area contributed by atoms with E-state index in [1.165, 1.54) is 0 Å². The second-order valence-corrected chi connectivity index (χ2v) is 4.32. The molecule has 0 amide bonds. The van der Waals surface area contributed by atoms with E-state index >= 15 is 0 Å². The number of halogens is 2. The number of aliphatic carboxylic acids is 1. The molecule has 0 saturated carbocycles. The van der Waals surface area contributed by atoms with E-state index in [1.807, 2.05) is 6.92 Å². The van der Waals surface area contributed by atoms with Crippen LogP contribution in [0.15, 0.2) is 12.2 Å². The summed E-state index contributed by atoms with van der Waals surface area (Å²) in [5, 5.41) is 8.22. The number of allylic oxidation sites excluding steroid dienone is 1. The summed E-state index contributed by atoms with van der Waals surface area (Å²) >= 11 is 6.57. The SMILES string of the molecule is C[C@@H](Br)[C@H](Br)/C=C/C(=O)O. The maximum absolute atomic E-state index is 10.0. The van der Waals surface area contributed by atoms with Gasteiger partial charge in [0.1, 0.15) is 0 Å². The van der Waals surface area contributed by atoms with Crippen LogP contribution in [0.2, 0.25) is 0 Å². The zero-order valence-electron chi connectivity index (χ0n) is 5.42. The number of alkyl halides is 2. The van der Waals surface area contributed by atoms with Gasteiger partial charge >= 0.3 is 5.97 Å². The topological polar surface area (TPSA) is 37.3 Å². The van der Waals surface area contributed by atoms with E-state index in [4.69, 9.17) is 5.11 Å². The van der Waals surface area contributed by atoms with Crippen LogP contribution in [0.3, 0.4) is 0 Å². The van der Waals surface area contributed by atoms with Gasteiger partial charge in [0.25, 0.3) is 0 Å². The van der Waals surface area contributed by atoms with Crippen molar-refractivity contribution in [3.8, 4) is 0 Å². The standard InChI is InChI=1S/C6H8Br2O2/c1-4(7)5(8)2-3-6(9)10/h2-5H,1H3,(H,9,10)/b3-2+/t4-,5-/m1/s1. The molecule has 58 valence electrons. The van der Waals surface area contributed by atoms with Crippen LogP contribution < -0.4 is 0 Å². The fraction of sp³-hybridized carbons (Fsp3) is 0.500. The Kier molecular flexibility index (Phi) is 4.99. The zero-order chi connectivity index (χ0) is 8.15. The molecule has 0 aliphatic rings. The minimum Gasteiger partial charge on any atom is -0.478 e. The second kappa shape index (κ2) is 4.91. The highest BCUT2D eigenvalue weighted by Crippen LogP contribution is 2.14. The largest absolute Gasteiger partial charge is 0.478 e. The highest BCUT2D eigenvalue weighted by Gasteiger charge is 2.05. The molecule has 0 spiro atoms. The number of carboxylic acid groups (broad SMARTS) is 1. The van der Waals surface area contributed by atoms with Crippen LogP contribution in [0.1, 0.15) is 6.92 Å². The summed E-state index contributed by atoms with van der Waals surface area (Å²) in [5.74, 6) is -0.919. The molecule has 0 rings (SSSR count). The van der Waals surface area contributed by atoms with E-state index in [0.29, 0.717) is 0 Å². The van der Waals surface area contributed by atoms with Gasteiger partial charge in [-0.05, 0) is 0 Å². The van der Waals surface area contributed by atoms with Gasteiger partial charge in [0.2, 0.25) is 0 Å². The smallest absolute Gasteiger partial charge is 0.328 e. The lowest BCUT2D eigenvalue weighted by Crippen LogP contribution is -2.06. The van der Waals surface area contributed by atoms with Crippen molar-refractivity contribution in [3.05, 3.63) is 12.2 Å². The predicted octanol–water partition coefficient (Wildman–Crippen LogP) is 2.17. The third kappa shape index (κ3) is 4.99. The number of hydrogen-bond acceptors (Lipinski definition) is 1. The van der Waals surface area contributed by atoms with Gasteiger partial charge in [-0.1, -0.05) is 44.9 Å². The Bertz CT molecular complexity index is 143. The third-order valence-electron chi connectivity index (χ3n) is 0.861. The Labute approximate surface area is 76.6 Å². The number of hydrogen-bond donors (Lipinski definition) is 1. The van der Waals surface area contributed by atoms with Crippen molar-refractivity contribution in [1.82, 2.24) is 0 Å². The average molecular weight is 272 g/mol. The van der Waals surface area contributed by atoms with Gasteiger partial charge in [-0.2, -0.15) is 0 Å². The van der Waals surface area contributed by atoms with Crippen LogP contribution in [0.4, 0.5) is 0 Å². The van der Waals surface area contributed by atoms with Crippen molar-refractivity contribution in [2.24, 2.45) is 0 Å². The number of carboxylic acids is 1. The summed E-state index contributed by atoms with van der Waals surface area (Å²) in [4.78, 5) is 10.3. The molecule has 0 unspecified atom stereocenters. The molecular weight excluding hydrogens is 264 g/mol. The summed E-state index contributed by atoms with van der Waals surface area (Å²) < 4.78 is 0. The fourth-order valence-electron chi connectivity index (χ4n) is 0.327. The van der Waals surface area contributed by atoms with Crippen LogP contribution in [0.5, 0.6) is 0 Å². The molecule has 0 aliphatic heterocycles. The van der Waals surface area contributed by atoms with E-state index in [0.717, 1.165) is 6.08 Å². The first-order valence-electron chi connectivity index (χ1n) is 2.73. The van der Waals surface area contributed by atoms with E-state index in [-0.39, 0.29) is 9.65 Å². The molecule has 0 fully saturated rings. The van der Waals surface area contributed by atoms with Gasteiger partial charge in [0.05, 0.1) is 0 Å². The highest BCUT2D eigenvalue weighted by atomic mass is 79.9. The van der Waals surface area contributed by atoms with Gasteiger partial charge in [0, 0.05) is 15.7 Å². The molecule has 0 heterocycles. The summed E-state index contributed by atoms with van der Waals surface area (Å²) in [6, 6.07) is 0. The molecule has 0 aliphatic carbocycles. The number of carbonyl (C=O) groups is 1. The highest BCUT2D eigenvalue weighted by molar-refractivity contribution is 9.12. The van der Waals surface area contributed by atoms with Crippen LogP contribution in [0, 0.1) is 0 Å². The monoisotopic (exact) mass is 270 g/mol. The van der Waals surface area contributed by atoms with E-state index in [9.17, 15) is 4.79 Å². The van der Waals surface area contributed by atoms with Crippen molar-refractivity contribution in [3.63, 3.8) is 0 Å². The van der Waals surface area contributed by atoms with Crippen LogP contribution >= 0.6 is 31.9 Å². The van der Waals surface area contributed by atoms with Crippen LogP contribution in [-0.4, -0.2) is 20.7 Å². The van der Waals surface area contributed by atoms with Crippen molar-refractivity contribution < 1.29 is 9.90 Å². The molecule has 0 radical (unpaired) electrons. The summed E-state index contributed by atoms with van der Waals surface area (Å²) in [6.07, 6.45) is 2.71. The molecule has 10 heavy (non-hydrogen) atoms. The Morgan fingerprint density at radius 2 is 2.10 bits per heavy atom. The summed E-state index contributed by atoms with van der Waals surface area (Å²) in [5.41, 5.74) is 0. The fourth-order valence-corrected chi connectivity index (χ4v) is 0.656. The van der Waals surface area contributed by atoms with E-state index in [2.05, 4.69) is 31.9 Å². The third-order valence-corrected chi connectivity index (χ3v) is 3.24. The Hall–Kier alpha value is 0.170. The zero-order valence-corrected chi connectivity index (χ0v) is 8.59. The molecule has 4 heteroatoms. The minimum absolute atomic E-state index is 0.0728. The molecule has 0 aromatic carbocycles. The van der Waals surface area contributed by atoms with Crippen LogP contribution in [-0.2, 0) is 4.79 Å². The molecular formula is C6H8Br2O2. The van der Waals surface area contributed by atoms with Gasteiger partial charge in [-0.15, -0.1) is 0 Å². The van der Waals surface area contributed by atoms with Crippen molar-refractivity contribution in [2.45, 2.75) is 16.6 Å². The lowest BCUT2D eigenvalue weighted by Gasteiger charge is -2.04. The molecule has 1 N–H and O–H groups in total.